The van der Waals surface area contributed by atoms with E-state index in [0.717, 1.165) is 12.3 Å². The number of piperidine rings is 1. The lowest BCUT2D eigenvalue weighted by Crippen LogP contribution is -2.44. The second-order valence-electron chi connectivity index (χ2n) is 6.48. The number of sulfonamides is 1. The van der Waals surface area contributed by atoms with Crippen molar-refractivity contribution in [3.8, 4) is 17.5 Å². The van der Waals surface area contributed by atoms with Crippen molar-refractivity contribution in [2.75, 3.05) is 27.3 Å². The molecule has 164 valence electrons. The van der Waals surface area contributed by atoms with Crippen LogP contribution in [0.4, 0.5) is 13.2 Å². The van der Waals surface area contributed by atoms with Crippen LogP contribution in [0.15, 0.2) is 35.4 Å². The van der Waals surface area contributed by atoms with E-state index in [1.54, 1.807) is 6.07 Å². The predicted octanol–water partition coefficient (Wildman–Crippen LogP) is 2.74. The van der Waals surface area contributed by atoms with Crippen LogP contribution in [0.3, 0.4) is 0 Å². The number of methoxy groups -OCH3 is 2. The van der Waals surface area contributed by atoms with Gasteiger partial charge in [-0.15, -0.1) is 0 Å². The average Bonchev–Trinajstić information content (AvgIpc) is 2.73. The van der Waals surface area contributed by atoms with Crippen molar-refractivity contribution in [3.63, 3.8) is 0 Å². The Morgan fingerprint density at radius 2 is 1.93 bits per heavy atom. The number of nitrogens with zero attached hydrogens (tertiary/aromatic N) is 3. The number of hydrogen-bond donors (Lipinski definition) is 0. The van der Waals surface area contributed by atoms with Gasteiger partial charge in [-0.2, -0.15) is 22.5 Å². The van der Waals surface area contributed by atoms with E-state index < -0.39 is 34.0 Å². The summed E-state index contributed by atoms with van der Waals surface area (Å²) in [4.78, 5) is 7.01. The Hall–Kier alpha value is -2.60. The van der Waals surface area contributed by atoms with Crippen LogP contribution < -0.4 is 14.2 Å². The fourth-order valence-electron chi connectivity index (χ4n) is 3.05. The summed E-state index contributed by atoms with van der Waals surface area (Å²) in [6, 6.07) is 4.70. The number of ether oxygens (including phenoxy) is 3. The van der Waals surface area contributed by atoms with Crippen molar-refractivity contribution in [2.24, 2.45) is 0 Å². The minimum Gasteiger partial charge on any atom is -0.497 e. The summed E-state index contributed by atoms with van der Waals surface area (Å²) in [7, 11) is -1.20. The van der Waals surface area contributed by atoms with Crippen LogP contribution in [-0.4, -0.2) is 56.1 Å². The van der Waals surface area contributed by atoms with Gasteiger partial charge in [0.05, 0.1) is 20.8 Å². The molecule has 0 aliphatic carbocycles. The lowest BCUT2D eigenvalue weighted by Gasteiger charge is -2.31. The summed E-state index contributed by atoms with van der Waals surface area (Å²) < 4.78 is 81.8. The van der Waals surface area contributed by atoms with Crippen LogP contribution in [0.25, 0.3) is 0 Å². The van der Waals surface area contributed by atoms with E-state index in [2.05, 4.69) is 9.97 Å². The average molecular weight is 447 g/mol. The first-order chi connectivity index (χ1) is 14.1. The first-order valence-corrected chi connectivity index (χ1v) is 10.4. The maximum atomic E-state index is 13.2. The molecule has 1 unspecified atom stereocenters. The number of aromatic nitrogens is 2. The highest BCUT2D eigenvalue weighted by atomic mass is 32.2. The lowest BCUT2D eigenvalue weighted by atomic mass is 10.1. The normalized spacial score (nSPS) is 18.1. The van der Waals surface area contributed by atoms with Gasteiger partial charge in [-0.05, 0) is 31.0 Å². The maximum Gasteiger partial charge on any atom is 0.433 e. The molecule has 12 heteroatoms. The molecule has 1 saturated heterocycles. The van der Waals surface area contributed by atoms with Crippen LogP contribution >= 0.6 is 0 Å². The number of rotatable bonds is 6. The summed E-state index contributed by atoms with van der Waals surface area (Å²) in [5.74, 6) is 0.497. The van der Waals surface area contributed by atoms with Gasteiger partial charge >= 0.3 is 12.2 Å². The molecule has 1 aromatic heterocycles. The summed E-state index contributed by atoms with van der Waals surface area (Å²) in [6.45, 7) is 0.161. The van der Waals surface area contributed by atoms with Gasteiger partial charge in [0.15, 0.2) is 5.69 Å². The fraction of sp³-hybridized carbons (Fsp3) is 0.444. The molecule has 1 fully saturated rings. The quantitative estimate of drug-likeness (QED) is 0.673. The SMILES string of the molecule is COc1ccc(OC)c(S(=O)(=O)N2CCCC(Oc3nccc(C(F)(F)F)n3)C2)c1. The van der Waals surface area contributed by atoms with Crippen LogP contribution in [0.1, 0.15) is 18.5 Å². The van der Waals surface area contributed by atoms with E-state index in [1.807, 2.05) is 0 Å². The highest BCUT2D eigenvalue weighted by molar-refractivity contribution is 7.89. The highest BCUT2D eigenvalue weighted by Crippen LogP contribution is 2.32. The molecule has 1 atom stereocenters. The minimum absolute atomic E-state index is 0.0672. The molecule has 0 spiro atoms. The lowest BCUT2D eigenvalue weighted by molar-refractivity contribution is -0.141. The van der Waals surface area contributed by atoms with E-state index in [9.17, 15) is 21.6 Å². The monoisotopic (exact) mass is 447 g/mol. The number of hydrogen-bond acceptors (Lipinski definition) is 7. The number of benzene rings is 1. The third kappa shape index (κ3) is 4.75. The van der Waals surface area contributed by atoms with Crippen LogP contribution in [0.2, 0.25) is 0 Å². The van der Waals surface area contributed by atoms with Crippen molar-refractivity contribution < 1.29 is 35.8 Å². The molecule has 30 heavy (non-hydrogen) atoms. The maximum absolute atomic E-state index is 13.2. The topological polar surface area (TPSA) is 90.9 Å². The summed E-state index contributed by atoms with van der Waals surface area (Å²) in [5, 5.41) is 0. The standard InChI is InChI=1S/C18H20F3N3O5S/c1-27-12-5-6-14(28-2)15(10-12)30(25,26)24-9-3-4-13(11-24)29-17-22-8-7-16(23-17)18(19,20)21/h5-8,10,13H,3-4,9,11H2,1-2H3. The van der Waals surface area contributed by atoms with Gasteiger partial charge in [-0.3, -0.25) is 0 Å². The Labute approximate surface area is 171 Å². The molecule has 0 amide bonds. The van der Waals surface area contributed by atoms with Gasteiger partial charge in [0.25, 0.3) is 0 Å². The van der Waals surface area contributed by atoms with E-state index >= 15 is 0 Å². The van der Waals surface area contributed by atoms with Gasteiger partial charge in [0, 0.05) is 18.8 Å². The Morgan fingerprint density at radius 3 is 2.60 bits per heavy atom. The fourth-order valence-corrected chi connectivity index (χ4v) is 4.73. The summed E-state index contributed by atoms with van der Waals surface area (Å²) in [5.41, 5.74) is -1.13. The highest BCUT2D eigenvalue weighted by Gasteiger charge is 2.35. The van der Waals surface area contributed by atoms with Gasteiger partial charge in [0.2, 0.25) is 10.0 Å². The second kappa shape index (κ2) is 8.64. The Bertz CT molecular complexity index is 1000. The van der Waals surface area contributed by atoms with E-state index in [4.69, 9.17) is 14.2 Å². The molecule has 8 nitrogen and oxygen atoms in total. The smallest absolute Gasteiger partial charge is 0.433 e. The molecule has 0 bridgehead atoms. The third-order valence-corrected chi connectivity index (χ3v) is 6.41. The third-order valence-electron chi connectivity index (χ3n) is 4.53. The van der Waals surface area contributed by atoms with Gasteiger partial charge in [0.1, 0.15) is 22.5 Å². The largest absolute Gasteiger partial charge is 0.497 e. The molecular formula is C18H20F3N3O5S. The zero-order valence-electron chi connectivity index (χ0n) is 16.2. The van der Waals surface area contributed by atoms with E-state index in [1.165, 1.54) is 30.7 Å². The molecule has 2 heterocycles. The minimum atomic E-state index is -4.63. The second-order valence-corrected chi connectivity index (χ2v) is 8.39. The van der Waals surface area contributed by atoms with Crippen molar-refractivity contribution in [1.29, 1.82) is 0 Å². The molecular weight excluding hydrogens is 427 g/mol. The van der Waals surface area contributed by atoms with E-state index in [-0.39, 0.29) is 23.7 Å². The molecule has 1 aliphatic rings. The van der Waals surface area contributed by atoms with E-state index in [0.29, 0.717) is 18.6 Å². The van der Waals surface area contributed by atoms with Crippen molar-refractivity contribution >= 4 is 10.0 Å². The summed E-state index contributed by atoms with van der Waals surface area (Å²) in [6.07, 6.45) is -3.49. The molecule has 3 rings (SSSR count). The summed E-state index contributed by atoms with van der Waals surface area (Å²) >= 11 is 0. The Kier molecular flexibility index (Phi) is 6.36. The van der Waals surface area contributed by atoms with Crippen molar-refractivity contribution in [1.82, 2.24) is 14.3 Å². The molecule has 1 aliphatic heterocycles. The molecule has 0 radical (unpaired) electrons. The zero-order valence-corrected chi connectivity index (χ0v) is 17.0. The first-order valence-electron chi connectivity index (χ1n) is 8.94. The van der Waals surface area contributed by atoms with Gasteiger partial charge < -0.3 is 14.2 Å². The number of alkyl halides is 3. The molecule has 0 N–H and O–H groups in total. The van der Waals surface area contributed by atoms with Crippen LogP contribution in [0, 0.1) is 0 Å². The van der Waals surface area contributed by atoms with Crippen LogP contribution in [0.5, 0.6) is 17.5 Å². The zero-order chi connectivity index (χ0) is 21.9. The number of halogens is 3. The first kappa shape index (κ1) is 22.1. The Balaban J connectivity index is 1.81. The molecule has 1 aromatic carbocycles. The molecule has 0 saturated carbocycles. The van der Waals surface area contributed by atoms with Crippen LogP contribution in [-0.2, 0) is 16.2 Å². The van der Waals surface area contributed by atoms with Gasteiger partial charge in [-0.1, -0.05) is 0 Å². The van der Waals surface area contributed by atoms with Gasteiger partial charge in [-0.25, -0.2) is 13.4 Å². The Morgan fingerprint density at radius 1 is 1.17 bits per heavy atom. The van der Waals surface area contributed by atoms with Crippen molar-refractivity contribution in [2.45, 2.75) is 30.0 Å². The predicted molar refractivity (Wildman–Crippen MR) is 99.0 cm³/mol. The van der Waals surface area contributed by atoms with Crippen molar-refractivity contribution in [3.05, 3.63) is 36.2 Å². The molecule has 2 aromatic rings.